The molecule has 4 nitrogen and oxygen atoms in total. The van der Waals surface area contributed by atoms with Crippen LogP contribution in [-0.2, 0) is 25.7 Å². The Morgan fingerprint density at radius 2 is 0.481 bits per heavy atom. The lowest BCUT2D eigenvalue weighted by atomic mass is 9.91. The summed E-state index contributed by atoms with van der Waals surface area (Å²) in [5, 5.41) is 0. The van der Waals surface area contributed by atoms with Crippen molar-refractivity contribution >= 4 is 0 Å². The van der Waals surface area contributed by atoms with Gasteiger partial charge in [0.05, 0.1) is 26.4 Å². The number of rotatable bonds is 0. The molecule has 4 heteroatoms. The average Bonchev–Trinajstić information content (AvgIpc) is 3.15. The molecule has 8 rings (SSSR count). The second-order valence-corrected chi connectivity index (χ2v) is 14.6. The summed E-state index contributed by atoms with van der Waals surface area (Å²) < 4.78 is 27.4. The van der Waals surface area contributed by atoms with Crippen molar-refractivity contribution in [3.05, 3.63) is 142 Å². The SMILES string of the molecule is C1=C\CCCCOc2c3cccc2Cc2cccc4c2OCCCC/C=C\CCCCOc2c(cccc2C3)Cc2cccc(c2OCCCC/1)C4. The molecule has 0 atom stereocenters. The summed E-state index contributed by atoms with van der Waals surface area (Å²) in [5.74, 6) is 4.06. The van der Waals surface area contributed by atoms with E-state index < -0.39 is 0 Å². The van der Waals surface area contributed by atoms with Gasteiger partial charge in [-0.25, -0.2) is 0 Å². The van der Waals surface area contributed by atoms with Crippen LogP contribution in [0.1, 0.15) is 122 Å². The lowest BCUT2D eigenvalue weighted by Crippen LogP contribution is -2.10. The number of hydrogen-bond acceptors (Lipinski definition) is 4. The van der Waals surface area contributed by atoms with E-state index in [1.54, 1.807) is 0 Å². The minimum absolute atomic E-state index is 0.702. The molecule has 4 aromatic carbocycles. The highest BCUT2D eigenvalue weighted by Crippen LogP contribution is 2.39. The normalized spacial score (nSPS) is 18.9. The Hall–Kier alpha value is -4.44. The van der Waals surface area contributed by atoms with E-state index in [0.29, 0.717) is 26.4 Å². The topological polar surface area (TPSA) is 36.9 Å². The van der Waals surface area contributed by atoms with Crippen LogP contribution in [0.25, 0.3) is 0 Å². The summed E-state index contributed by atoms with van der Waals surface area (Å²) in [6, 6.07) is 26.8. The van der Waals surface area contributed by atoms with Gasteiger partial charge in [0.25, 0.3) is 0 Å². The first-order chi connectivity index (χ1) is 25.8. The molecule has 0 fully saturated rings. The monoisotopic (exact) mass is 696 g/mol. The molecular weight excluding hydrogens is 641 g/mol. The van der Waals surface area contributed by atoms with Crippen LogP contribution in [0.2, 0.25) is 0 Å². The summed E-state index contributed by atoms with van der Waals surface area (Å²) in [6.45, 7) is 2.81. The second kappa shape index (κ2) is 18.9. The second-order valence-electron chi connectivity index (χ2n) is 14.6. The van der Waals surface area contributed by atoms with E-state index >= 15 is 0 Å². The van der Waals surface area contributed by atoms with E-state index in [1.807, 2.05) is 0 Å². The zero-order chi connectivity index (χ0) is 35.2. The number of benzene rings is 4. The molecule has 272 valence electrons. The predicted octanol–water partition coefficient (Wildman–Crippen LogP) is 11.7. The molecule has 0 N–H and O–H groups in total. The molecule has 0 radical (unpaired) electrons. The third kappa shape index (κ3) is 9.50. The van der Waals surface area contributed by atoms with Crippen LogP contribution < -0.4 is 18.9 Å². The van der Waals surface area contributed by atoms with Gasteiger partial charge >= 0.3 is 0 Å². The molecule has 3 heterocycles. The van der Waals surface area contributed by atoms with Gasteiger partial charge in [-0.2, -0.15) is 0 Å². The number of hydrogen-bond donors (Lipinski definition) is 0. The van der Waals surface area contributed by atoms with Crippen LogP contribution in [0.5, 0.6) is 23.0 Å². The van der Waals surface area contributed by atoms with Crippen LogP contribution in [0.4, 0.5) is 0 Å². The maximum absolute atomic E-state index is 6.84. The first-order valence-corrected chi connectivity index (χ1v) is 20.1. The molecule has 0 spiro atoms. The van der Waals surface area contributed by atoms with Crippen molar-refractivity contribution in [2.24, 2.45) is 0 Å². The fourth-order valence-corrected chi connectivity index (χ4v) is 7.85. The van der Waals surface area contributed by atoms with Crippen molar-refractivity contribution in [2.45, 2.75) is 103 Å². The van der Waals surface area contributed by atoms with E-state index in [9.17, 15) is 0 Å². The summed E-state index contributed by atoms with van der Waals surface area (Å²) in [4.78, 5) is 0. The fourth-order valence-electron chi connectivity index (χ4n) is 7.85. The van der Waals surface area contributed by atoms with Crippen molar-refractivity contribution in [2.75, 3.05) is 26.4 Å². The third-order valence-corrected chi connectivity index (χ3v) is 10.6. The predicted molar refractivity (Wildman–Crippen MR) is 213 cm³/mol. The molecule has 0 amide bonds. The van der Waals surface area contributed by atoms with Gasteiger partial charge in [-0.15, -0.1) is 0 Å². The molecule has 12 bridgehead atoms. The van der Waals surface area contributed by atoms with Gasteiger partial charge in [-0.05, 0) is 122 Å². The van der Waals surface area contributed by atoms with E-state index in [4.69, 9.17) is 18.9 Å². The van der Waals surface area contributed by atoms with Crippen molar-refractivity contribution in [3.63, 3.8) is 0 Å². The molecule has 0 unspecified atom stereocenters. The molecule has 0 aromatic heterocycles. The lowest BCUT2D eigenvalue weighted by molar-refractivity contribution is 0.296. The largest absolute Gasteiger partial charge is 0.493 e. The quantitative estimate of drug-likeness (QED) is 0.151. The zero-order valence-electron chi connectivity index (χ0n) is 31.0. The molecule has 0 saturated heterocycles. The Kier molecular flexibility index (Phi) is 13.0. The Morgan fingerprint density at radius 1 is 0.269 bits per heavy atom. The first-order valence-electron chi connectivity index (χ1n) is 20.1. The van der Waals surface area contributed by atoms with Crippen LogP contribution in [0, 0.1) is 0 Å². The van der Waals surface area contributed by atoms with E-state index in [1.165, 1.54) is 44.5 Å². The van der Waals surface area contributed by atoms with Gasteiger partial charge in [0, 0.05) is 25.7 Å². The Bertz CT molecular complexity index is 1470. The van der Waals surface area contributed by atoms with Crippen molar-refractivity contribution in [1.82, 2.24) is 0 Å². The lowest BCUT2D eigenvalue weighted by Gasteiger charge is -2.23. The Labute approximate surface area is 311 Å². The summed E-state index contributed by atoms with van der Waals surface area (Å²) >= 11 is 0. The van der Waals surface area contributed by atoms with Crippen molar-refractivity contribution < 1.29 is 18.9 Å². The van der Waals surface area contributed by atoms with Crippen LogP contribution >= 0.6 is 0 Å². The summed E-state index contributed by atoms with van der Waals surface area (Å²) in [7, 11) is 0. The zero-order valence-corrected chi connectivity index (χ0v) is 31.0. The standard InChI is InChI=1S/C48H56O4/c1-2-6-10-14-30-50-46-39-23-18-24-40(46)36-44-28-20-26-42-34-38-22-17-21-37(45(38)49-29-13-9-5-1)33-41-25-19-27-43(35-39)47(41)51-31-15-11-7-3-4-8-12-16-32-52-48(42)44/h1-4,17-28H,5-16,29-36H2/b2-1-,4-3-. The number of allylic oxidation sites excluding steroid dienone is 4. The van der Waals surface area contributed by atoms with Crippen molar-refractivity contribution in [3.8, 4) is 23.0 Å². The van der Waals surface area contributed by atoms with Gasteiger partial charge in [-0.1, -0.05) is 97.1 Å². The minimum atomic E-state index is 0.702. The average molecular weight is 697 g/mol. The molecule has 0 saturated carbocycles. The van der Waals surface area contributed by atoms with Gasteiger partial charge in [-0.3, -0.25) is 0 Å². The smallest absolute Gasteiger partial charge is 0.126 e. The summed E-state index contributed by atoms with van der Waals surface area (Å²) in [5.41, 5.74) is 9.65. The Balaban J connectivity index is 1.42. The Morgan fingerprint density at radius 3 is 0.692 bits per heavy atom. The molecule has 3 aliphatic heterocycles. The molecule has 4 aromatic rings. The number of ether oxygens (including phenoxy) is 4. The van der Waals surface area contributed by atoms with Gasteiger partial charge in [0.15, 0.2) is 0 Å². The van der Waals surface area contributed by atoms with Crippen LogP contribution in [0.3, 0.4) is 0 Å². The maximum atomic E-state index is 6.84. The van der Waals surface area contributed by atoms with Gasteiger partial charge in [0.1, 0.15) is 23.0 Å². The van der Waals surface area contributed by atoms with E-state index in [-0.39, 0.29) is 0 Å². The highest BCUT2D eigenvalue weighted by atomic mass is 16.5. The molecule has 1 aliphatic carbocycles. The van der Waals surface area contributed by atoms with Crippen LogP contribution in [0.15, 0.2) is 97.1 Å². The van der Waals surface area contributed by atoms with Crippen LogP contribution in [-0.4, -0.2) is 26.4 Å². The third-order valence-electron chi connectivity index (χ3n) is 10.6. The molecular formula is C48H56O4. The van der Waals surface area contributed by atoms with E-state index in [0.717, 1.165) is 126 Å². The van der Waals surface area contributed by atoms with Gasteiger partial charge < -0.3 is 18.9 Å². The minimum Gasteiger partial charge on any atom is -0.493 e. The first kappa shape index (κ1) is 35.9. The summed E-state index contributed by atoms with van der Waals surface area (Å²) in [6.07, 6.45) is 25.3. The fraction of sp³-hybridized carbons (Fsp3) is 0.417. The number of para-hydroxylation sites is 4. The van der Waals surface area contributed by atoms with Crippen molar-refractivity contribution in [1.29, 1.82) is 0 Å². The van der Waals surface area contributed by atoms with Gasteiger partial charge in [0.2, 0.25) is 0 Å². The number of fused-ring (bicyclic) bond motifs is 10. The highest BCUT2D eigenvalue weighted by Gasteiger charge is 2.22. The molecule has 4 aliphatic rings. The maximum Gasteiger partial charge on any atom is 0.126 e. The highest BCUT2D eigenvalue weighted by molar-refractivity contribution is 5.56. The van der Waals surface area contributed by atoms with E-state index in [2.05, 4.69) is 97.1 Å². The molecule has 52 heavy (non-hydrogen) atoms.